The van der Waals surface area contributed by atoms with Crippen LogP contribution in [-0.2, 0) is 23.8 Å². The number of ether oxygens (including phenoxy) is 3. The van der Waals surface area contributed by atoms with Crippen LogP contribution in [0.25, 0.3) is 0 Å². The number of piperidine rings is 1. The maximum Gasteiger partial charge on any atom is 0.410 e. The molecule has 0 bridgehead atoms. The molecule has 0 spiro atoms. The van der Waals surface area contributed by atoms with Crippen LogP contribution < -0.4 is 0 Å². The summed E-state index contributed by atoms with van der Waals surface area (Å²) >= 11 is 0. The predicted octanol–water partition coefficient (Wildman–Crippen LogP) is 2.27. The molecule has 8 heteroatoms. The number of rotatable bonds is 7. The van der Waals surface area contributed by atoms with Crippen LogP contribution in [0.3, 0.4) is 0 Å². The van der Waals surface area contributed by atoms with Crippen molar-refractivity contribution in [1.82, 2.24) is 4.90 Å². The van der Waals surface area contributed by atoms with E-state index in [2.05, 4.69) is 0 Å². The zero-order chi connectivity index (χ0) is 20.7. The molecule has 0 radical (unpaired) electrons. The van der Waals surface area contributed by atoms with Crippen LogP contribution in [0.15, 0.2) is 0 Å². The summed E-state index contributed by atoms with van der Waals surface area (Å²) in [6, 6.07) is 0. The molecule has 1 saturated heterocycles. The van der Waals surface area contributed by atoms with Gasteiger partial charge in [-0.05, 0) is 66.2 Å². The van der Waals surface area contributed by atoms with Crippen LogP contribution in [0.1, 0.15) is 60.3 Å². The minimum atomic E-state index is -2.28. The normalized spacial score (nSPS) is 16.0. The van der Waals surface area contributed by atoms with Gasteiger partial charge in [-0.1, -0.05) is 0 Å². The van der Waals surface area contributed by atoms with Crippen molar-refractivity contribution < 1.29 is 33.7 Å². The van der Waals surface area contributed by atoms with E-state index in [4.69, 9.17) is 14.2 Å². The lowest BCUT2D eigenvalue weighted by Gasteiger charge is -2.34. The van der Waals surface area contributed by atoms with E-state index in [1.54, 1.807) is 18.7 Å². The molecule has 0 aromatic carbocycles. The number of nitrogens with zero attached hydrogens (tertiary/aromatic N) is 1. The van der Waals surface area contributed by atoms with E-state index in [0.717, 1.165) is 0 Å². The van der Waals surface area contributed by atoms with Crippen LogP contribution in [0.4, 0.5) is 4.79 Å². The zero-order valence-corrected chi connectivity index (χ0v) is 17.1. The predicted molar refractivity (Wildman–Crippen MR) is 98.0 cm³/mol. The van der Waals surface area contributed by atoms with Crippen LogP contribution in [-0.4, -0.2) is 65.5 Å². The molecule has 0 aliphatic carbocycles. The summed E-state index contributed by atoms with van der Waals surface area (Å²) in [5.41, 5.74) is -2.82. The smallest absolute Gasteiger partial charge is 0.410 e. The molecule has 156 valence electrons. The average Bonchev–Trinajstić information content (AvgIpc) is 2.59. The highest BCUT2D eigenvalue weighted by atomic mass is 16.6. The first kappa shape index (κ1) is 23.2. The molecule has 8 nitrogen and oxygen atoms in total. The van der Waals surface area contributed by atoms with Crippen LogP contribution in [0, 0.1) is 5.92 Å². The van der Waals surface area contributed by atoms with Gasteiger partial charge in [-0.3, -0.25) is 0 Å². The Kier molecular flexibility index (Phi) is 8.53. The summed E-state index contributed by atoms with van der Waals surface area (Å²) in [4.78, 5) is 37.9. The molecule has 0 atom stereocenters. The second-order valence-corrected chi connectivity index (χ2v) is 7.75. The highest BCUT2D eigenvalue weighted by molar-refractivity contribution is 6.03. The second-order valence-electron chi connectivity index (χ2n) is 7.75. The second kappa shape index (κ2) is 9.92. The number of amides is 1. The van der Waals surface area contributed by atoms with Gasteiger partial charge < -0.3 is 24.2 Å². The fourth-order valence-electron chi connectivity index (χ4n) is 2.93. The largest absolute Gasteiger partial charge is 0.463 e. The fraction of sp³-hybridized carbons (Fsp3) is 0.842. The van der Waals surface area contributed by atoms with Crippen molar-refractivity contribution >= 4 is 18.0 Å². The third-order valence-electron chi connectivity index (χ3n) is 4.41. The molecule has 1 aliphatic heterocycles. The average molecular weight is 387 g/mol. The third-order valence-corrected chi connectivity index (χ3v) is 4.41. The lowest BCUT2D eigenvalue weighted by molar-refractivity contribution is -0.184. The van der Waals surface area contributed by atoms with E-state index >= 15 is 0 Å². The van der Waals surface area contributed by atoms with Crippen molar-refractivity contribution in [2.45, 2.75) is 71.5 Å². The number of esters is 2. The Labute approximate surface area is 161 Å². The molecule has 1 amide bonds. The lowest BCUT2D eigenvalue weighted by Crippen LogP contribution is -2.49. The summed E-state index contributed by atoms with van der Waals surface area (Å²) in [6.45, 7) is 9.89. The Hall–Kier alpha value is -1.83. The number of carbonyl (C=O) groups excluding carboxylic acids is 3. The molecular formula is C19H33NO7. The van der Waals surface area contributed by atoms with Gasteiger partial charge in [0.15, 0.2) is 0 Å². The number of likely N-dealkylation sites (tertiary alicyclic amines) is 1. The first-order chi connectivity index (χ1) is 12.5. The molecular weight excluding hydrogens is 354 g/mol. The van der Waals surface area contributed by atoms with E-state index in [0.29, 0.717) is 32.4 Å². The van der Waals surface area contributed by atoms with Gasteiger partial charge >= 0.3 is 18.0 Å². The molecule has 0 aromatic heterocycles. The Morgan fingerprint density at radius 2 is 1.48 bits per heavy atom. The van der Waals surface area contributed by atoms with E-state index in [-0.39, 0.29) is 31.6 Å². The number of carbonyl (C=O) groups is 3. The summed E-state index contributed by atoms with van der Waals surface area (Å²) in [5, 5.41) is 10.6. The van der Waals surface area contributed by atoms with Crippen molar-refractivity contribution in [2.75, 3.05) is 26.3 Å². The van der Waals surface area contributed by atoms with Crippen molar-refractivity contribution in [3.63, 3.8) is 0 Å². The highest BCUT2D eigenvalue weighted by Crippen LogP contribution is 2.28. The first-order valence-corrected chi connectivity index (χ1v) is 9.58. The Balaban J connectivity index is 2.59. The van der Waals surface area contributed by atoms with Gasteiger partial charge in [0.05, 0.1) is 13.2 Å². The van der Waals surface area contributed by atoms with Gasteiger partial charge in [0, 0.05) is 13.1 Å². The highest BCUT2D eigenvalue weighted by Gasteiger charge is 2.47. The van der Waals surface area contributed by atoms with Gasteiger partial charge in [-0.2, -0.15) is 0 Å². The quantitative estimate of drug-likeness (QED) is 0.406. The number of hydrogen-bond donors (Lipinski definition) is 1. The fourth-order valence-corrected chi connectivity index (χ4v) is 2.93. The summed E-state index contributed by atoms with van der Waals surface area (Å²) in [7, 11) is 0. The lowest BCUT2D eigenvalue weighted by atomic mass is 9.87. The van der Waals surface area contributed by atoms with Crippen molar-refractivity contribution in [3.05, 3.63) is 0 Å². The summed E-state index contributed by atoms with van der Waals surface area (Å²) < 4.78 is 15.1. The minimum Gasteiger partial charge on any atom is -0.463 e. The van der Waals surface area contributed by atoms with Gasteiger partial charge in [-0.25, -0.2) is 14.4 Å². The molecule has 1 rings (SSSR count). The molecule has 1 aliphatic rings. The third kappa shape index (κ3) is 7.01. The van der Waals surface area contributed by atoms with Crippen molar-refractivity contribution in [1.29, 1.82) is 0 Å². The molecule has 1 N–H and O–H groups in total. The van der Waals surface area contributed by atoms with Crippen molar-refractivity contribution in [2.24, 2.45) is 5.92 Å². The molecule has 1 heterocycles. The zero-order valence-electron chi connectivity index (χ0n) is 17.1. The molecule has 0 aromatic rings. The maximum atomic E-state index is 12.1. The van der Waals surface area contributed by atoms with E-state index in [1.165, 1.54) is 0 Å². The molecule has 0 saturated carbocycles. The van der Waals surface area contributed by atoms with E-state index in [9.17, 15) is 19.5 Å². The molecule has 0 unspecified atom stereocenters. The van der Waals surface area contributed by atoms with Gasteiger partial charge in [0.25, 0.3) is 5.60 Å². The Bertz CT molecular complexity index is 501. The van der Waals surface area contributed by atoms with Gasteiger partial charge in [0.1, 0.15) is 5.60 Å². The minimum absolute atomic E-state index is 0.0643. The summed E-state index contributed by atoms with van der Waals surface area (Å²) in [6.07, 6.45) is 1.47. The van der Waals surface area contributed by atoms with Gasteiger partial charge in [0.2, 0.25) is 0 Å². The topological polar surface area (TPSA) is 102 Å². The summed E-state index contributed by atoms with van der Waals surface area (Å²) in [5.74, 6) is -1.77. The number of hydrogen-bond acceptors (Lipinski definition) is 7. The van der Waals surface area contributed by atoms with E-state index in [1.807, 2.05) is 20.8 Å². The van der Waals surface area contributed by atoms with Crippen molar-refractivity contribution in [3.8, 4) is 0 Å². The molecule has 27 heavy (non-hydrogen) atoms. The Morgan fingerprint density at radius 1 is 1.00 bits per heavy atom. The Morgan fingerprint density at radius 3 is 1.89 bits per heavy atom. The standard InChI is InChI=1S/C19H33NO7/c1-6-25-15(21)19(24,16(22)26-7-2)11-8-14-9-12-20(13-10-14)17(23)27-18(3,4)5/h14,24H,6-13H2,1-5H3. The SMILES string of the molecule is CCOC(=O)C(O)(CCC1CCN(C(=O)OC(C)(C)C)CC1)C(=O)OCC. The first-order valence-electron chi connectivity index (χ1n) is 9.58. The van der Waals surface area contributed by atoms with Crippen LogP contribution in [0.2, 0.25) is 0 Å². The van der Waals surface area contributed by atoms with Crippen LogP contribution in [0.5, 0.6) is 0 Å². The number of aliphatic hydroxyl groups is 1. The monoisotopic (exact) mass is 387 g/mol. The van der Waals surface area contributed by atoms with E-state index < -0.39 is 23.1 Å². The molecule has 1 fully saturated rings. The van der Waals surface area contributed by atoms with Gasteiger partial charge in [-0.15, -0.1) is 0 Å². The maximum absolute atomic E-state index is 12.1. The van der Waals surface area contributed by atoms with Crippen LogP contribution >= 0.6 is 0 Å².